The number of benzene rings is 5. The molecule has 3 atom stereocenters. The monoisotopic (exact) mass is 723 g/mol. The van der Waals surface area contributed by atoms with Crippen molar-refractivity contribution in [2.24, 2.45) is 0 Å². The summed E-state index contributed by atoms with van der Waals surface area (Å²) < 4.78 is 19.2. The van der Waals surface area contributed by atoms with Crippen molar-refractivity contribution in [1.82, 2.24) is 10.2 Å². The summed E-state index contributed by atoms with van der Waals surface area (Å²) in [6, 6.07) is 41.6. The van der Waals surface area contributed by atoms with E-state index in [-0.39, 0.29) is 24.8 Å². The number of hydrogen-bond acceptors (Lipinski definition) is 6. The van der Waals surface area contributed by atoms with E-state index in [1.165, 1.54) is 25.7 Å². The van der Waals surface area contributed by atoms with E-state index in [1.54, 1.807) is 0 Å². The second-order valence-electron chi connectivity index (χ2n) is 14.1. The van der Waals surface area contributed by atoms with E-state index in [1.807, 2.05) is 91.0 Å². The van der Waals surface area contributed by atoms with Crippen molar-refractivity contribution in [2.45, 2.75) is 69.8 Å². The number of rotatable bonds is 14. The summed E-state index contributed by atoms with van der Waals surface area (Å²) >= 11 is 0. The van der Waals surface area contributed by atoms with Crippen LogP contribution in [0.25, 0.3) is 11.1 Å². The van der Waals surface area contributed by atoms with Crippen LogP contribution in [-0.2, 0) is 22.6 Å². The molecule has 2 fully saturated rings. The molecule has 1 heterocycles. The highest BCUT2D eigenvalue weighted by molar-refractivity contribution is 5.89. The van der Waals surface area contributed by atoms with Crippen LogP contribution in [0, 0.1) is 0 Å². The molecule has 278 valence electrons. The molecule has 1 saturated carbocycles. The largest absolute Gasteiger partial charge is 0.457 e. The van der Waals surface area contributed by atoms with Gasteiger partial charge in [-0.3, -0.25) is 4.90 Å². The SMILES string of the molecule is C=CCN(C[C@@H]1C[C@H](c2ccc(CO)cc2)O[C@H](c2ccc(-c3ccccc3CNC(=O)Nc3ccc(Oc4ccccc4)cc3)cc2)O1)C1CCCC1. The Morgan fingerprint density at radius 1 is 0.815 bits per heavy atom. The molecule has 3 N–H and O–H groups in total. The molecule has 5 aromatic carbocycles. The molecule has 1 aliphatic carbocycles. The molecule has 0 unspecified atom stereocenters. The fraction of sp³-hybridized carbons (Fsp3) is 0.283. The number of carbonyl (C=O) groups excluding carboxylic acids is 1. The summed E-state index contributed by atoms with van der Waals surface area (Å²) in [6.45, 7) is 6.07. The number of amides is 2. The highest BCUT2D eigenvalue weighted by Crippen LogP contribution is 2.39. The first-order chi connectivity index (χ1) is 26.5. The molecule has 8 heteroatoms. The van der Waals surface area contributed by atoms with Crippen molar-refractivity contribution < 1.29 is 24.1 Å². The zero-order valence-electron chi connectivity index (χ0n) is 30.6. The molecule has 0 spiro atoms. The van der Waals surface area contributed by atoms with E-state index in [4.69, 9.17) is 14.2 Å². The summed E-state index contributed by atoms with van der Waals surface area (Å²) in [6.07, 6.45) is 7.02. The third kappa shape index (κ3) is 9.64. The van der Waals surface area contributed by atoms with E-state index in [0.29, 0.717) is 24.0 Å². The number of para-hydroxylation sites is 1. The number of carbonyl (C=O) groups is 1. The fourth-order valence-corrected chi connectivity index (χ4v) is 7.46. The van der Waals surface area contributed by atoms with E-state index in [2.05, 4.69) is 64.6 Å². The molecule has 0 aromatic heterocycles. The predicted molar refractivity (Wildman–Crippen MR) is 213 cm³/mol. The van der Waals surface area contributed by atoms with Crippen LogP contribution in [0.15, 0.2) is 140 Å². The molecule has 2 amide bonds. The number of nitrogens with one attached hydrogen (secondary N) is 2. The van der Waals surface area contributed by atoms with Gasteiger partial charge in [0.15, 0.2) is 6.29 Å². The van der Waals surface area contributed by atoms with Crippen LogP contribution in [0.5, 0.6) is 11.5 Å². The molecular weight excluding hydrogens is 675 g/mol. The van der Waals surface area contributed by atoms with Crippen molar-refractivity contribution in [1.29, 1.82) is 0 Å². The van der Waals surface area contributed by atoms with Gasteiger partial charge >= 0.3 is 6.03 Å². The maximum absolute atomic E-state index is 12.9. The lowest BCUT2D eigenvalue weighted by molar-refractivity contribution is -0.253. The number of aliphatic hydroxyl groups excluding tert-OH is 1. The number of anilines is 1. The van der Waals surface area contributed by atoms with Crippen LogP contribution in [-0.4, -0.2) is 41.3 Å². The predicted octanol–water partition coefficient (Wildman–Crippen LogP) is 9.94. The van der Waals surface area contributed by atoms with Gasteiger partial charge in [-0.25, -0.2) is 4.79 Å². The van der Waals surface area contributed by atoms with E-state index >= 15 is 0 Å². The van der Waals surface area contributed by atoms with Crippen LogP contribution < -0.4 is 15.4 Å². The first-order valence-electron chi connectivity index (χ1n) is 19.0. The minimum Gasteiger partial charge on any atom is -0.457 e. The van der Waals surface area contributed by atoms with Crippen LogP contribution in [0.3, 0.4) is 0 Å². The average Bonchev–Trinajstić information content (AvgIpc) is 3.77. The molecule has 54 heavy (non-hydrogen) atoms. The molecule has 5 aromatic rings. The number of urea groups is 1. The van der Waals surface area contributed by atoms with Crippen molar-refractivity contribution in [3.05, 3.63) is 162 Å². The minimum absolute atomic E-state index is 0.0112. The number of hydrogen-bond donors (Lipinski definition) is 3. The van der Waals surface area contributed by atoms with E-state index in [0.717, 1.165) is 58.6 Å². The van der Waals surface area contributed by atoms with E-state index < -0.39 is 6.29 Å². The lowest BCUT2D eigenvalue weighted by Gasteiger charge is -2.39. The van der Waals surface area contributed by atoms with Gasteiger partial charge in [-0.1, -0.05) is 110 Å². The van der Waals surface area contributed by atoms with Gasteiger partial charge in [-0.05, 0) is 77.1 Å². The molecule has 8 nitrogen and oxygen atoms in total. The van der Waals surface area contributed by atoms with Gasteiger partial charge < -0.3 is 30.0 Å². The molecule has 7 rings (SSSR count). The highest BCUT2D eigenvalue weighted by atomic mass is 16.7. The second kappa shape index (κ2) is 18.2. The second-order valence-corrected chi connectivity index (χ2v) is 14.1. The molecular formula is C46H49N3O5. The average molecular weight is 724 g/mol. The lowest BCUT2D eigenvalue weighted by atomic mass is 9.97. The normalized spacial score (nSPS) is 18.7. The standard InChI is InChI=1S/C46H49N3O5/c1-2-28-49(39-11-7-8-12-39)31-42-29-44(35-18-16-33(32-50)17-19-35)54-45(53-42)36-22-20-34(21-23-36)43-15-9-6-10-37(43)30-47-46(51)48-38-24-26-41(27-25-38)52-40-13-4-3-5-14-40/h2-6,9-10,13-27,39,42,44-45,50H,1,7-8,11-12,28-32H2,(H2,47,48,51)/t42-,44+,45+/m0/s1. The van der Waals surface area contributed by atoms with Crippen LogP contribution >= 0.6 is 0 Å². The Labute approximate surface area is 318 Å². The Bertz CT molecular complexity index is 1940. The van der Waals surface area contributed by atoms with Crippen LogP contribution in [0.4, 0.5) is 10.5 Å². The van der Waals surface area contributed by atoms with Gasteiger partial charge in [0, 0.05) is 43.3 Å². The number of aliphatic hydroxyl groups is 1. The van der Waals surface area contributed by atoms with Gasteiger partial charge in [0.2, 0.25) is 0 Å². The number of nitrogens with zero attached hydrogens (tertiary/aromatic N) is 1. The molecule has 0 radical (unpaired) electrons. The third-order valence-corrected chi connectivity index (χ3v) is 10.3. The third-order valence-electron chi connectivity index (χ3n) is 10.3. The Morgan fingerprint density at radius 3 is 2.22 bits per heavy atom. The van der Waals surface area contributed by atoms with Crippen molar-refractivity contribution in [3.8, 4) is 22.6 Å². The van der Waals surface area contributed by atoms with Gasteiger partial charge in [0.05, 0.1) is 18.8 Å². The Balaban J connectivity index is 1.01. The van der Waals surface area contributed by atoms with Gasteiger partial charge in [0.25, 0.3) is 0 Å². The van der Waals surface area contributed by atoms with Gasteiger partial charge in [-0.2, -0.15) is 0 Å². The smallest absolute Gasteiger partial charge is 0.319 e. The Kier molecular flexibility index (Phi) is 12.5. The van der Waals surface area contributed by atoms with Gasteiger partial charge in [0.1, 0.15) is 11.5 Å². The van der Waals surface area contributed by atoms with Crippen LogP contribution in [0.2, 0.25) is 0 Å². The van der Waals surface area contributed by atoms with E-state index in [9.17, 15) is 9.90 Å². The summed E-state index contributed by atoms with van der Waals surface area (Å²) in [5.74, 6) is 1.45. The first kappa shape index (κ1) is 37.1. The Morgan fingerprint density at radius 2 is 1.50 bits per heavy atom. The number of ether oxygens (including phenoxy) is 3. The molecule has 0 bridgehead atoms. The zero-order chi connectivity index (χ0) is 37.1. The van der Waals surface area contributed by atoms with Gasteiger partial charge in [-0.15, -0.1) is 6.58 Å². The maximum Gasteiger partial charge on any atom is 0.319 e. The summed E-state index contributed by atoms with van der Waals surface area (Å²) in [5, 5.41) is 15.5. The Hall–Kier alpha value is -5.25. The minimum atomic E-state index is -0.533. The van der Waals surface area contributed by atoms with Crippen LogP contribution in [0.1, 0.15) is 66.8 Å². The summed E-state index contributed by atoms with van der Waals surface area (Å²) in [4.78, 5) is 15.4. The summed E-state index contributed by atoms with van der Waals surface area (Å²) in [7, 11) is 0. The lowest BCUT2D eigenvalue weighted by Crippen LogP contribution is -2.43. The molecule has 2 aliphatic rings. The van der Waals surface area contributed by atoms with Crippen molar-refractivity contribution in [3.63, 3.8) is 0 Å². The summed E-state index contributed by atoms with van der Waals surface area (Å²) in [5.41, 5.74) is 6.65. The zero-order valence-corrected chi connectivity index (χ0v) is 30.6. The van der Waals surface area contributed by atoms with Crippen molar-refractivity contribution in [2.75, 3.05) is 18.4 Å². The quantitative estimate of drug-likeness (QED) is 0.0989. The van der Waals surface area contributed by atoms with Crippen molar-refractivity contribution >= 4 is 11.7 Å². The fourth-order valence-electron chi connectivity index (χ4n) is 7.46. The highest BCUT2D eigenvalue weighted by Gasteiger charge is 2.34. The topological polar surface area (TPSA) is 92.3 Å². The first-order valence-corrected chi connectivity index (χ1v) is 19.0. The molecule has 1 saturated heterocycles. The maximum atomic E-state index is 12.9. The molecule has 1 aliphatic heterocycles.